The van der Waals surface area contributed by atoms with Crippen molar-refractivity contribution in [3.05, 3.63) is 11.7 Å². The smallest absolute Gasteiger partial charge is 0.408 e. The molecule has 0 saturated heterocycles. The maximum absolute atomic E-state index is 11.6. The van der Waals surface area contributed by atoms with Gasteiger partial charge in [0.2, 0.25) is 5.89 Å². The van der Waals surface area contributed by atoms with Crippen LogP contribution >= 0.6 is 11.8 Å². The Morgan fingerprint density at radius 2 is 2.14 bits per heavy atom. The fourth-order valence-corrected chi connectivity index (χ4v) is 2.16. The molecule has 8 nitrogen and oxygen atoms in total. The molecule has 0 saturated carbocycles. The van der Waals surface area contributed by atoms with Crippen molar-refractivity contribution in [2.75, 3.05) is 5.75 Å². The first-order chi connectivity index (χ1) is 9.67. The van der Waals surface area contributed by atoms with Crippen LogP contribution in [-0.4, -0.2) is 44.7 Å². The molecular weight excluding hydrogens is 298 g/mol. The zero-order chi connectivity index (χ0) is 16.0. The van der Waals surface area contributed by atoms with Gasteiger partial charge < -0.3 is 19.7 Å². The molecule has 0 aromatic carbocycles. The summed E-state index contributed by atoms with van der Waals surface area (Å²) in [5.41, 5.74) is -0.679. The average molecular weight is 317 g/mol. The first-order valence-electron chi connectivity index (χ1n) is 6.26. The van der Waals surface area contributed by atoms with Crippen LogP contribution in [0.4, 0.5) is 4.79 Å². The van der Waals surface area contributed by atoms with E-state index in [1.165, 1.54) is 11.8 Å². The van der Waals surface area contributed by atoms with Crippen molar-refractivity contribution >= 4 is 23.8 Å². The van der Waals surface area contributed by atoms with Gasteiger partial charge in [-0.05, 0) is 27.7 Å². The number of alkyl carbamates (subject to hydrolysis) is 1. The second-order valence-electron chi connectivity index (χ2n) is 5.29. The van der Waals surface area contributed by atoms with Crippen molar-refractivity contribution in [1.29, 1.82) is 0 Å². The molecule has 0 aliphatic rings. The van der Waals surface area contributed by atoms with Gasteiger partial charge in [-0.2, -0.15) is 4.98 Å². The van der Waals surface area contributed by atoms with Crippen LogP contribution in [0.15, 0.2) is 4.52 Å². The number of amides is 1. The minimum atomic E-state index is -1.13. The van der Waals surface area contributed by atoms with Gasteiger partial charge in [-0.25, -0.2) is 9.59 Å². The lowest BCUT2D eigenvalue weighted by molar-refractivity contribution is -0.138. The highest BCUT2D eigenvalue weighted by atomic mass is 32.2. The number of ether oxygens (including phenoxy) is 1. The molecule has 2 N–H and O–H groups in total. The van der Waals surface area contributed by atoms with E-state index in [9.17, 15) is 9.59 Å². The molecule has 0 aliphatic heterocycles. The van der Waals surface area contributed by atoms with Gasteiger partial charge >= 0.3 is 12.1 Å². The van der Waals surface area contributed by atoms with Gasteiger partial charge in [0.15, 0.2) is 5.82 Å². The lowest BCUT2D eigenvalue weighted by Crippen LogP contribution is -2.44. The number of thioether (sulfide) groups is 1. The summed E-state index contributed by atoms with van der Waals surface area (Å²) in [4.78, 5) is 26.7. The van der Waals surface area contributed by atoms with Crippen LogP contribution in [0.25, 0.3) is 0 Å². The summed E-state index contributed by atoms with van der Waals surface area (Å²) in [6.07, 6.45) is -0.760. The molecule has 0 spiro atoms. The molecule has 1 heterocycles. The summed E-state index contributed by atoms with van der Waals surface area (Å²) in [6.45, 7) is 6.81. The predicted molar refractivity (Wildman–Crippen MR) is 76.0 cm³/mol. The molecule has 1 amide bonds. The lowest BCUT2D eigenvalue weighted by Gasteiger charge is -2.21. The predicted octanol–water partition coefficient (Wildman–Crippen LogP) is 1.59. The fraction of sp³-hybridized carbons (Fsp3) is 0.667. The average Bonchev–Trinajstić information content (AvgIpc) is 2.71. The van der Waals surface area contributed by atoms with Gasteiger partial charge in [0, 0.05) is 5.75 Å². The Morgan fingerprint density at radius 1 is 1.48 bits per heavy atom. The summed E-state index contributed by atoms with van der Waals surface area (Å²) in [5.74, 6) is 0.345. The number of hydrogen-bond acceptors (Lipinski definition) is 7. The molecule has 0 aliphatic carbocycles. The zero-order valence-corrected chi connectivity index (χ0v) is 13.2. The Morgan fingerprint density at radius 3 is 2.62 bits per heavy atom. The molecule has 118 valence electrons. The monoisotopic (exact) mass is 317 g/mol. The van der Waals surface area contributed by atoms with E-state index in [0.29, 0.717) is 17.5 Å². The number of carbonyl (C=O) groups excluding carboxylic acids is 1. The summed E-state index contributed by atoms with van der Waals surface area (Å²) in [5, 5.41) is 15.0. The Bertz CT molecular complexity index is 497. The SMILES string of the molecule is Cc1noc(CSCC(NC(=O)OC(C)(C)C)C(=O)O)n1. The largest absolute Gasteiger partial charge is 0.480 e. The number of carbonyl (C=O) groups is 2. The number of aromatic nitrogens is 2. The van der Waals surface area contributed by atoms with E-state index in [1.54, 1.807) is 27.7 Å². The Balaban J connectivity index is 2.43. The van der Waals surface area contributed by atoms with E-state index in [4.69, 9.17) is 14.4 Å². The van der Waals surface area contributed by atoms with E-state index in [1.807, 2.05) is 0 Å². The molecule has 1 atom stereocenters. The second kappa shape index (κ2) is 7.30. The minimum Gasteiger partial charge on any atom is -0.480 e. The highest BCUT2D eigenvalue weighted by Crippen LogP contribution is 2.12. The standard InChI is InChI=1S/C12H19N3O5S/c1-7-13-9(20-15-7)6-21-5-8(10(16)17)14-11(18)19-12(2,3)4/h8H,5-6H2,1-4H3,(H,14,18)(H,16,17). The van der Waals surface area contributed by atoms with Crippen LogP contribution in [0.3, 0.4) is 0 Å². The Kier molecular flexibility index (Phi) is 6.01. The van der Waals surface area contributed by atoms with E-state index >= 15 is 0 Å². The van der Waals surface area contributed by atoms with Gasteiger partial charge in [0.1, 0.15) is 11.6 Å². The highest BCUT2D eigenvalue weighted by Gasteiger charge is 2.24. The maximum Gasteiger partial charge on any atom is 0.408 e. The molecule has 0 fully saturated rings. The van der Waals surface area contributed by atoms with Crippen molar-refractivity contribution in [2.45, 2.75) is 45.1 Å². The number of nitrogens with zero attached hydrogens (tertiary/aromatic N) is 2. The second-order valence-corrected chi connectivity index (χ2v) is 6.32. The Hall–Kier alpha value is -1.77. The first kappa shape index (κ1) is 17.3. The van der Waals surface area contributed by atoms with Gasteiger partial charge in [-0.15, -0.1) is 11.8 Å². The van der Waals surface area contributed by atoms with Gasteiger partial charge in [0.25, 0.3) is 0 Å². The van der Waals surface area contributed by atoms with E-state index in [2.05, 4.69) is 15.5 Å². The number of rotatable bonds is 6. The summed E-state index contributed by atoms with van der Waals surface area (Å²) in [7, 11) is 0. The van der Waals surface area contributed by atoms with Crippen molar-refractivity contribution in [1.82, 2.24) is 15.5 Å². The normalized spacial score (nSPS) is 12.8. The maximum atomic E-state index is 11.6. The number of nitrogens with one attached hydrogen (secondary N) is 1. The van der Waals surface area contributed by atoms with Gasteiger partial charge in [-0.3, -0.25) is 0 Å². The quantitative estimate of drug-likeness (QED) is 0.813. The molecule has 0 bridgehead atoms. The van der Waals surface area contributed by atoms with E-state index < -0.39 is 23.7 Å². The van der Waals surface area contributed by atoms with E-state index in [0.717, 1.165) is 0 Å². The van der Waals surface area contributed by atoms with Crippen LogP contribution in [0.5, 0.6) is 0 Å². The highest BCUT2D eigenvalue weighted by molar-refractivity contribution is 7.98. The lowest BCUT2D eigenvalue weighted by atomic mass is 10.2. The molecule has 1 aromatic heterocycles. The molecule has 1 aromatic rings. The third-order valence-electron chi connectivity index (χ3n) is 2.07. The molecule has 1 rings (SSSR count). The van der Waals surface area contributed by atoms with Gasteiger partial charge in [-0.1, -0.05) is 5.16 Å². The third kappa shape index (κ3) is 6.98. The fourth-order valence-electron chi connectivity index (χ4n) is 1.29. The Labute approximate surface area is 126 Å². The third-order valence-corrected chi connectivity index (χ3v) is 3.09. The number of hydrogen-bond donors (Lipinski definition) is 2. The van der Waals surface area contributed by atoms with Crippen LogP contribution in [0, 0.1) is 6.92 Å². The number of aliphatic carboxylic acids is 1. The summed E-state index contributed by atoms with van der Waals surface area (Å²) < 4.78 is 9.93. The van der Waals surface area contributed by atoms with Crippen molar-refractivity contribution in [3.8, 4) is 0 Å². The van der Waals surface area contributed by atoms with Crippen molar-refractivity contribution < 1.29 is 24.0 Å². The number of carboxylic acid groups (broad SMARTS) is 1. The minimum absolute atomic E-state index is 0.163. The van der Waals surface area contributed by atoms with Crippen LogP contribution in [0.2, 0.25) is 0 Å². The molecule has 0 radical (unpaired) electrons. The van der Waals surface area contributed by atoms with Gasteiger partial charge in [0.05, 0.1) is 5.75 Å². The molecular formula is C12H19N3O5S. The topological polar surface area (TPSA) is 115 Å². The summed E-state index contributed by atoms with van der Waals surface area (Å²) >= 11 is 1.27. The van der Waals surface area contributed by atoms with E-state index in [-0.39, 0.29) is 5.75 Å². The summed E-state index contributed by atoms with van der Waals surface area (Å²) in [6, 6.07) is -1.05. The zero-order valence-electron chi connectivity index (χ0n) is 12.4. The number of carboxylic acids is 1. The van der Waals surface area contributed by atoms with Crippen LogP contribution in [0.1, 0.15) is 32.5 Å². The molecule has 9 heteroatoms. The number of aryl methyl sites for hydroxylation is 1. The van der Waals surface area contributed by atoms with Crippen molar-refractivity contribution in [2.24, 2.45) is 0 Å². The molecule has 21 heavy (non-hydrogen) atoms. The van der Waals surface area contributed by atoms with Crippen molar-refractivity contribution in [3.63, 3.8) is 0 Å². The molecule has 1 unspecified atom stereocenters. The van der Waals surface area contributed by atoms with Crippen LogP contribution < -0.4 is 5.32 Å². The van der Waals surface area contributed by atoms with Crippen LogP contribution in [-0.2, 0) is 15.3 Å². The first-order valence-corrected chi connectivity index (χ1v) is 7.42.